The van der Waals surface area contributed by atoms with Crippen LogP contribution in [0.1, 0.15) is 31.1 Å². The number of sulfone groups is 1. The van der Waals surface area contributed by atoms with Crippen LogP contribution >= 0.6 is 11.8 Å². The lowest BCUT2D eigenvalue weighted by atomic mass is 10.1. The van der Waals surface area contributed by atoms with Gasteiger partial charge in [0, 0.05) is 13.2 Å². The van der Waals surface area contributed by atoms with E-state index in [1.165, 1.54) is 0 Å². The van der Waals surface area contributed by atoms with E-state index in [1.54, 1.807) is 0 Å². The highest BCUT2D eigenvalue weighted by molar-refractivity contribution is 7.99. The van der Waals surface area contributed by atoms with E-state index in [0.29, 0.717) is 18.9 Å². The minimum absolute atomic E-state index is 0.0567. The Morgan fingerprint density at radius 3 is 2.91 bits per heavy atom. The summed E-state index contributed by atoms with van der Waals surface area (Å²) in [5.74, 6) is 0.393. The fourth-order valence-corrected chi connectivity index (χ4v) is 4.98. The zero-order valence-corrected chi connectivity index (χ0v) is 14.2. The number of carbonyl (C=O) groups is 1. The van der Waals surface area contributed by atoms with Crippen LogP contribution in [0.2, 0.25) is 0 Å². The number of ether oxygens (including phenoxy) is 1. The third-order valence-corrected chi connectivity index (χ3v) is 6.47. The number of carbonyl (C=O) groups excluding carboxylic acids is 1. The normalized spacial score (nSPS) is 26.4. The fraction of sp³-hybridized carbons (Fsp3) is 0.769. The molecule has 1 N–H and O–H groups in total. The quantitative estimate of drug-likeness (QED) is 0.723. The predicted octanol–water partition coefficient (Wildman–Crippen LogP) is 0.359. The molecule has 2 atom stereocenters. The Morgan fingerprint density at radius 2 is 2.22 bits per heavy atom. The molecule has 3 rings (SSSR count). The van der Waals surface area contributed by atoms with Gasteiger partial charge >= 0.3 is 0 Å². The van der Waals surface area contributed by atoms with E-state index >= 15 is 0 Å². The van der Waals surface area contributed by atoms with Crippen molar-refractivity contribution in [3.8, 4) is 0 Å². The van der Waals surface area contributed by atoms with E-state index in [-0.39, 0.29) is 40.4 Å². The molecule has 0 radical (unpaired) electrons. The molecule has 1 amide bonds. The van der Waals surface area contributed by atoms with E-state index in [0.717, 1.165) is 31.2 Å². The van der Waals surface area contributed by atoms with Crippen molar-refractivity contribution >= 4 is 27.5 Å². The lowest BCUT2D eigenvalue weighted by Gasteiger charge is -2.09. The number of hydrogen-bond acceptors (Lipinski definition) is 8. The first kappa shape index (κ1) is 16.7. The van der Waals surface area contributed by atoms with Crippen molar-refractivity contribution in [1.82, 2.24) is 15.5 Å². The minimum atomic E-state index is -2.99. The monoisotopic (exact) mass is 361 g/mol. The van der Waals surface area contributed by atoms with Crippen molar-refractivity contribution < 1.29 is 22.4 Å². The minimum Gasteiger partial charge on any atom is -0.416 e. The van der Waals surface area contributed by atoms with Crippen molar-refractivity contribution in [1.29, 1.82) is 0 Å². The van der Waals surface area contributed by atoms with Crippen LogP contribution in [0.4, 0.5) is 0 Å². The summed E-state index contributed by atoms with van der Waals surface area (Å²) in [6, 6.07) is 0. The van der Waals surface area contributed by atoms with Gasteiger partial charge in [-0.3, -0.25) is 4.79 Å². The van der Waals surface area contributed by atoms with E-state index in [9.17, 15) is 13.2 Å². The first-order valence-corrected chi connectivity index (χ1v) is 10.4. The van der Waals surface area contributed by atoms with Gasteiger partial charge in [-0.2, -0.15) is 0 Å². The highest BCUT2D eigenvalue weighted by Gasteiger charge is 2.32. The Bertz CT molecular complexity index is 654. The SMILES string of the molecule is O=C(CSc1nnc([C@H]2CCS(=O)(=O)C2)o1)NC[C@H]1CCCO1. The molecule has 0 spiro atoms. The molecule has 2 aliphatic heterocycles. The number of nitrogens with one attached hydrogen (secondary N) is 1. The molecule has 128 valence electrons. The number of rotatable bonds is 6. The van der Waals surface area contributed by atoms with Crippen molar-refractivity contribution in [2.75, 3.05) is 30.4 Å². The second-order valence-corrected chi connectivity index (χ2v) is 8.89. The molecule has 0 aromatic carbocycles. The average Bonchev–Trinajstić information content (AvgIpc) is 3.23. The summed E-state index contributed by atoms with van der Waals surface area (Å²) in [6.45, 7) is 1.28. The Morgan fingerprint density at radius 1 is 1.35 bits per heavy atom. The largest absolute Gasteiger partial charge is 0.416 e. The van der Waals surface area contributed by atoms with Crippen LogP contribution in [-0.2, 0) is 19.4 Å². The molecule has 2 aliphatic rings. The first-order valence-electron chi connectivity index (χ1n) is 7.57. The molecule has 2 saturated heterocycles. The van der Waals surface area contributed by atoms with E-state index in [2.05, 4.69) is 15.5 Å². The number of hydrogen-bond donors (Lipinski definition) is 1. The smallest absolute Gasteiger partial charge is 0.277 e. The molecule has 2 fully saturated rings. The van der Waals surface area contributed by atoms with Gasteiger partial charge in [-0.25, -0.2) is 8.42 Å². The molecular formula is C13H19N3O5S2. The maximum Gasteiger partial charge on any atom is 0.277 e. The number of amides is 1. The molecular weight excluding hydrogens is 342 g/mol. The molecule has 0 aliphatic carbocycles. The molecule has 0 saturated carbocycles. The first-order chi connectivity index (χ1) is 11.0. The molecule has 0 bridgehead atoms. The number of thioether (sulfide) groups is 1. The van der Waals surface area contributed by atoms with Crippen molar-refractivity contribution in [2.24, 2.45) is 0 Å². The fourth-order valence-electron chi connectivity index (χ4n) is 2.64. The summed E-state index contributed by atoms with van der Waals surface area (Å²) >= 11 is 1.15. The van der Waals surface area contributed by atoms with Gasteiger partial charge in [-0.15, -0.1) is 10.2 Å². The van der Waals surface area contributed by atoms with Crippen molar-refractivity contribution in [3.63, 3.8) is 0 Å². The second-order valence-electron chi connectivity index (χ2n) is 5.73. The molecule has 1 aromatic heterocycles. The Balaban J connectivity index is 1.43. The Kier molecular flexibility index (Phi) is 5.22. The van der Waals surface area contributed by atoms with Gasteiger partial charge < -0.3 is 14.5 Å². The van der Waals surface area contributed by atoms with Gasteiger partial charge in [0.2, 0.25) is 11.8 Å². The molecule has 8 nitrogen and oxygen atoms in total. The summed E-state index contributed by atoms with van der Waals surface area (Å²) in [6.07, 6.45) is 2.64. The van der Waals surface area contributed by atoms with Gasteiger partial charge in [0.1, 0.15) is 0 Å². The summed E-state index contributed by atoms with van der Waals surface area (Å²) in [5, 5.41) is 10.9. The van der Waals surface area contributed by atoms with Gasteiger partial charge in [-0.05, 0) is 19.3 Å². The van der Waals surface area contributed by atoms with Crippen LogP contribution in [0.5, 0.6) is 0 Å². The molecule has 0 unspecified atom stereocenters. The van der Waals surface area contributed by atoms with Crippen LogP contribution in [0.15, 0.2) is 9.64 Å². The van der Waals surface area contributed by atoms with E-state index in [1.807, 2.05) is 0 Å². The second kappa shape index (κ2) is 7.18. The Labute approximate surface area is 138 Å². The molecule has 3 heterocycles. The van der Waals surface area contributed by atoms with Crippen LogP contribution in [-0.4, -0.2) is 61.0 Å². The molecule has 1 aromatic rings. The number of nitrogens with zero attached hydrogens (tertiary/aromatic N) is 2. The average molecular weight is 361 g/mol. The van der Waals surface area contributed by atoms with Crippen LogP contribution in [0.3, 0.4) is 0 Å². The highest BCUT2D eigenvalue weighted by atomic mass is 32.2. The highest BCUT2D eigenvalue weighted by Crippen LogP contribution is 2.29. The van der Waals surface area contributed by atoms with E-state index in [4.69, 9.17) is 9.15 Å². The summed E-state index contributed by atoms with van der Waals surface area (Å²) in [4.78, 5) is 11.8. The third-order valence-electron chi connectivity index (χ3n) is 3.88. The van der Waals surface area contributed by atoms with Crippen molar-refractivity contribution in [2.45, 2.75) is 36.5 Å². The van der Waals surface area contributed by atoms with Crippen LogP contribution < -0.4 is 5.32 Å². The zero-order chi connectivity index (χ0) is 16.3. The Hall–Kier alpha value is -1.13. The summed E-state index contributed by atoms with van der Waals surface area (Å²) < 4.78 is 33.8. The summed E-state index contributed by atoms with van der Waals surface area (Å²) in [5.41, 5.74) is 0. The van der Waals surface area contributed by atoms with Gasteiger partial charge in [0.05, 0.1) is 29.3 Å². The predicted molar refractivity (Wildman–Crippen MR) is 83.0 cm³/mol. The standard InChI is InChI=1S/C13H19N3O5S2/c17-11(14-6-10-2-1-4-20-10)7-22-13-16-15-12(21-13)9-3-5-23(18,19)8-9/h9-10H,1-8H2,(H,14,17)/t9-,10+/m0/s1. The zero-order valence-electron chi connectivity index (χ0n) is 12.6. The van der Waals surface area contributed by atoms with E-state index < -0.39 is 9.84 Å². The third kappa shape index (κ3) is 4.67. The van der Waals surface area contributed by atoms with Gasteiger partial charge in [0.25, 0.3) is 5.22 Å². The topological polar surface area (TPSA) is 111 Å². The summed E-state index contributed by atoms with van der Waals surface area (Å²) in [7, 11) is -2.99. The van der Waals surface area contributed by atoms with Gasteiger partial charge in [-0.1, -0.05) is 11.8 Å². The molecule has 23 heavy (non-hydrogen) atoms. The van der Waals surface area contributed by atoms with Crippen LogP contribution in [0.25, 0.3) is 0 Å². The maximum atomic E-state index is 11.8. The van der Waals surface area contributed by atoms with Crippen molar-refractivity contribution in [3.05, 3.63) is 5.89 Å². The molecule has 10 heteroatoms. The maximum absolute atomic E-state index is 11.8. The number of aromatic nitrogens is 2. The lowest BCUT2D eigenvalue weighted by Crippen LogP contribution is -2.32. The van der Waals surface area contributed by atoms with Crippen LogP contribution in [0, 0.1) is 0 Å². The lowest BCUT2D eigenvalue weighted by molar-refractivity contribution is -0.119. The van der Waals surface area contributed by atoms with Gasteiger partial charge in [0.15, 0.2) is 9.84 Å².